The van der Waals surface area contributed by atoms with Gasteiger partial charge in [-0.25, -0.2) is 0 Å². The molecule has 1 unspecified atom stereocenters. The molecule has 0 aliphatic carbocycles. The maximum Gasteiger partial charge on any atom is 0.224 e. The van der Waals surface area contributed by atoms with Gasteiger partial charge in [-0.3, -0.25) is 4.79 Å². The van der Waals surface area contributed by atoms with Gasteiger partial charge in [-0.1, -0.05) is 18.2 Å². The van der Waals surface area contributed by atoms with Crippen LogP contribution in [0.15, 0.2) is 24.3 Å². The van der Waals surface area contributed by atoms with Gasteiger partial charge in [0.05, 0.1) is 13.5 Å². The second kappa shape index (κ2) is 7.98. The molecule has 1 rings (SSSR count). The van der Waals surface area contributed by atoms with Crippen LogP contribution in [0.3, 0.4) is 0 Å². The zero-order valence-corrected chi connectivity index (χ0v) is 11.7. The van der Waals surface area contributed by atoms with E-state index >= 15 is 0 Å². The van der Waals surface area contributed by atoms with Gasteiger partial charge >= 0.3 is 0 Å². The summed E-state index contributed by atoms with van der Waals surface area (Å²) in [5, 5.41) is 2.96. The summed E-state index contributed by atoms with van der Waals surface area (Å²) in [6.07, 6.45) is 2.16. The quantitative estimate of drug-likeness (QED) is 0.773. The number of ether oxygens (including phenoxy) is 1. The van der Waals surface area contributed by atoms with E-state index in [1.165, 1.54) is 0 Å². The van der Waals surface area contributed by atoms with Crippen LogP contribution in [-0.2, 0) is 11.2 Å². The van der Waals surface area contributed by atoms with E-state index in [-0.39, 0.29) is 11.9 Å². The van der Waals surface area contributed by atoms with Gasteiger partial charge in [0, 0.05) is 17.5 Å². The Labute approximate surface area is 113 Å². The minimum absolute atomic E-state index is 0.0153. The van der Waals surface area contributed by atoms with Crippen LogP contribution in [0, 0.1) is 0 Å². The Morgan fingerprint density at radius 2 is 2.17 bits per heavy atom. The molecule has 0 radical (unpaired) electrons. The standard InChI is InChI=1S/C14H20ClNO2/c1-11(6-5-9-15)16-14(17)10-12-7-3-4-8-13(12)18-2/h3-4,7-8,11H,5-6,9-10H2,1-2H3,(H,16,17). The number of rotatable bonds is 7. The number of benzene rings is 1. The maximum atomic E-state index is 11.9. The van der Waals surface area contributed by atoms with Crippen molar-refractivity contribution in [3.8, 4) is 5.75 Å². The third-order valence-electron chi connectivity index (χ3n) is 2.72. The fraction of sp³-hybridized carbons (Fsp3) is 0.500. The summed E-state index contributed by atoms with van der Waals surface area (Å²) in [6.45, 7) is 1.99. The molecule has 0 saturated carbocycles. The number of hydrogen-bond acceptors (Lipinski definition) is 2. The van der Waals surface area contributed by atoms with E-state index in [1.807, 2.05) is 31.2 Å². The second-order valence-electron chi connectivity index (χ2n) is 4.29. The van der Waals surface area contributed by atoms with Crippen LogP contribution in [0.4, 0.5) is 0 Å². The smallest absolute Gasteiger partial charge is 0.224 e. The molecule has 0 aromatic heterocycles. The van der Waals surface area contributed by atoms with E-state index in [2.05, 4.69) is 5.32 Å². The van der Waals surface area contributed by atoms with Crippen molar-refractivity contribution in [3.05, 3.63) is 29.8 Å². The predicted molar refractivity (Wildman–Crippen MR) is 74.3 cm³/mol. The Hall–Kier alpha value is -1.22. The molecule has 1 amide bonds. The molecular weight excluding hydrogens is 250 g/mol. The first-order valence-electron chi connectivity index (χ1n) is 6.14. The van der Waals surface area contributed by atoms with Gasteiger partial charge in [0.15, 0.2) is 0 Å². The van der Waals surface area contributed by atoms with Crippen molar-refractivity contribution in [2.75, 3.05) is 13.0 Å². The highest BCUT2D eigenvalue weighted by Gasteiger charge is 2.10. The third-order valence-corrected chi connectivity index (χ3v) is 2.99. The topological polar surface area (TPSA) is 38.3 Å². The van der Waals surface area contributed by atoms with Gasteiger partial charge < -0.3 is 10.1 Å². The van der Waals surface area contributed by atoms with Gasteiger partial charge in [-0.05, 0) is 25.8 Å². The highest BCUT2D eigenvalue weighted by molar-refractivity contribution is 6.17. The van der Waals surface area contributed by atoms with E-state index in [9.17, 15) is 4.79 Å². The molecule has 0 spiro atoms. The zero-order valence-electron chi connectivity index (χ0n) is 10.9. The number of methoxy groups -OCH3 is 1. The molecule has 0 aliphatic heterocycles. The maximum absolute atomic E-state index is 11.9. The summed E-state index contributed by atoms with van der Waals surface area (Å²) < 4.78 is 5.22. The molecule has 1 atom stereocenters. The molecule has 1 aromatic rings. The summed E-state index contributed by atoms with van der Waals surface area (Å²) in [6, 6.07) is 7.72. The van der Waals surface area contributed by atoms with E-state index < -0.39 is 0 Å². The van der Waals surface area contributed by atoms with Gasteiger partial charge in [-0.15, -0.1) is 11.6 Å². The van der Waals surface area contributed by atoms with Gasteiger partial charge in [0.25, 0.3) is 0 Å². The summed E-state index contributed by atoms with van der Waals surface area (Å²) in [5.41, 5.74) is 0.905. The van der Waals surface area contributed by atoms with Crippen LogP contribution in [-0.4, -0.2) is 24.9 Å². The molecule has 100 valence electrons. The normalized spacial score (nSPS) is 11.9. The summed E-state index contributed by atoms with van der Waals surface area (Å²) >= 11 is 5.62. The van der Waals surface area contributed by atoms with Crippen LogP contribution in [0.2, 0.25) is 0 Å². The van der Waals surface area contributed by atoms with Crippen molar-refractivity contribution in [3.63, 3.8) is 0 Å². The van der Waals surface area contributed by atoms with Gasteiger partial charge in [-0.2, -0.15) is 0 Å². The van der Waals surface area contributed by atoms with Crippen molar-refractivity contribution >= 4 is 17.5 Å². The molecule has 1 N–H and O–H groups in total. The fourth-order valence-electron chi connectivity index (χ4n) is 1.80. The molecule has 1 aromatic carbocycles. The van der Waals surface area contributed by atoms with E-state index in [4.69, 9.17) is 16.3 Å². The number of nitrogens with one attached hydrogen (secondary N) is 1. The average Bonchev–Trinajstić information content (AvgIpc) is 2.36. The van der Waals surface area contributed by atoms with Crippen LogP contribution in [0.5, 0.6) is 5.75 Å². The SMILES string of the molecule is COc1ccccc1CC(=O)NC(C)CCCCl. The first-order valence-corrected chi connectivity index (χ1v) is 6.68. The minimum Gasteiger partial charge on any atom is -0.496 e. The number of para-hydroxylation sites is 1. The van der Waals surface area contributed by atoms with Crippen molar-refractivity contribution < 1.29 is 9.53 Å². The second-order valence-corrected chi connectivity index (χ2v) is 4.67. The molecule has 4 heteroatoms. The van der Waals surface area contributed by atoms with Crippen molar-refractivity contribution in [2.45, 2.75) is 32.2 Å². The number of hydrogen-bond donors (Lipinski definition) is 1. The lowest BCUT2D eigenvalue weighted by Gasteiger charge is -2.14. The van der Waals surface area contributed by atoms with Gasteiger partial charge in [0.2, 0.25) is 5.91 Å². The van der Waals surface area contributed by atoms with E-state index in [0.717, 1.165) is 24.2 Å². The lowest BCUT2D eigenvalue weighted by molar-refractivity contribution is -0.121. The van der Waals surface area contributed by atoms with Crippen molar-refractivity contribution in [2.24, 2.45) is 0 Å². The van der Waals surface area contributed by atoms with Crippen LogP contribution < -0.4 is 10.1 Å². The minimum atomic E-state index is 0.0153. The Morgan fingerprint density at radius 1 is 1.44 bits per heavy atom. The molecule has 18 heavy (non-hydrogen) atoms. The first kappa shape index (κ1) is 14.8. The molecule has 0 heterocycles. The molecule has 0 bridgehead atoms. The van der Waals surface area contributed by atoms with Crippen molar-refractivity contribution in [1.82, 2.24) is 5.32 Å². The molecule has 3 nitrogen and oxygen atoms in total. The number of alkyl halides is 1. The third kappa shape index (κ3) is 4.96. The number of halogens is 1. The number of carbonyl (C=O) groups is 1. The zero-order chi connectivity index (χ0) is 13.4. The molecule has 0 fully saturated rings. The summed E-state index contributed by atoms with van der Waals surface area (Å²) in [4.78, 5) is 11.9. The number of carbonyl (C=O) groups excluding carboxylic acids is 1. The van der Waals surface area contributed by atoms with E-state index in [1.54, 1.807) is 7.11 Å². The Bertz CT molecular complexity index is 382. The molecule has 0 aliphatic rings. The van der Waals surface area contributed by atoms with Gasteiger partial charge in [0.1, 0.15) is 5.75 Å². The monoisotopic (exact) mass is 269 g/mol. The lowest BCUT2D eigenvalue weighted by atomic mass is 10.1. The number of amides is 1. The average molecular weight is 270 g/mol. The van der Waals surface area contributed by atoms with Crippen LogP contribution in [0.25, 0.3) is 0 Å². The summed E-state index contributed by atoms with van der Waals surface area (Å²) in [5.74, 6) is 1.40. The first-order chi connectivity index (χ1) is 8.67. The Balaban J connectivity index is 2.49. The van der Waals surface area contributed by atoms with Crippen molar-refractivity contribution in [1.29, 1.82) is 0 Å². The molecular formula is C14H20ClNO2. The van der Waals surface area contributed by atoms with E-state index in [0.29, 0.717) is 12.3 Å². The fourth-order valence-corrected chi connectivity index (χ4v) is 1.96. The largest absolute Gasteiger partial charge is 0.496 e. The predicted octanol–water partition coefficient (Wildman–Crippen LogP) is 2.76. The highest BCUT2D eigenvalue weighted by Crippen LogP contribution is 2.17. The highest BCUT2D eigenvalue weighted by atomic mass is 35.5. The Kier molecular flexibility index (Phi) is 6.58. The van der Waals surface area contributed by atoms with Crippen LogP contribution >= 0.6 is 11.6 Å². The molecule has 0 saturated heterocycles. The Morgan fingerprint density at radius 3 is 2.83 bits per heavy atom. The lowest BCUT2D eigenvalue weighted by Crippen LogP contribution is -2.33. The summed E-state index contributed by atoms with van der Waals surface area (Å²) in [7, 11) is 1.61. The van der Waals surface area contributed by atoms with Crippen LogP contribution in [0.1, 0.15) is 25.3 Å².